The molecule has 29 heavy (non-hydrogen) atoms. The average molecular weight is 420 g/mol. The van der Waals surface area contributed by atoms with Gasteiger partial charge in [0, 0.05) is 0 Å². The minimum Gasteiger partial charge on any atom is -0.465 e. The van der Waals surface area contributed by atoms with Crippen molar-refractivity contribution in [2.24, 2.45) is 0 Å². The quantitative estimate of drug-likeness (QED) is 0.652. The second-order valence-electron chi connectivity index (χ2n) is 7.33. The summed E-state index contributed by atoms with van der Waals surface area (Å²) in [5, 5.41) is 0. The number of carbonyl (C=O) groups is 1. The van der Waals surface area contributed by atoms with Gasteiger partial charge in [-0.3, -0.25) is 4.79 Å². The van der Waals surface area contributed by atoms with Gasteiger partial charge in [-0.05, 0) is 62.9 Å². The van der Waals surface area contributed by atoms with Crippen molar-refractivity contribution in [3.8, 4) is 0 Å². The van der Waals surface area contributed by atoms with Crippen molar-refractivity contribution in [1.82, 2.24) is 4.31 Å². The first-order valence-corrected chi connectivity index (χ1v) is 11.2. The van der Waals surface area contributed by atoms with Crippen molar-refractivity contribution >= 4 is 16.0 Å². The molecule has 0 bridgehead atoms. The van der Waals surface area contributed by atoms with Crippen LogP contribution in [0.3, 0.4) is 0 Å². The molecule has 0 aromatic heterocycles. The molecule has 5 nitrogen and oxygen atoms in total. The summed E-state index contributed by atoms with van der Waals surface area (Å²) in [6, 6.07) is 11.8. The van der Waals surface area contributed by atoms with E-state index in [1.807, 2.05) is 6.92 Å². The summed E-state index contributed by atoms with van der Waals surface area (Å²) in [5.74, 6) is -0.936. The average Bonchev–Trinajstić information content (AvgIpc) is 3.11. The van der Waals surface area contributed by atoms with Crippen LogP contribution >= 0.6 is 0 Å². The molecular weight excluding hydrogens is 393 g/mol. The molecule has 0 N–H and O–H groups in total. The summed E-state index contributed by atoms with van der Waals surface area (Å²) in [6.45, 7) is 5.54. The standard InChI is InChI=1S/C22H26FNO4S/c1-4-22(21(25)28-5-2)15-14-20(17-8-10-18(23)11-9-17)24(22)29(26,27)19-12-6-16(3)7-13-19/h6-13,20H,4-5,14-15H2,1-3H3/t20-,22+/m1/s1. The van der Waals surface area contributed by atoms with Gasteiger partial charge in [-0.25, -0.2) is 12.8 Å². The largest absolute Gasteiger partial charge is 0.465 e. The molecule has 0 radical (unpaired) electrons. The van der Waals surface area contributed by atoms with Gasteiger partial charge in [-0.1, -0.05) is 36.8 Å². The number of rotatable bonds is 6. The van der Waals surface area contributed by atoms with Crippen LogP contribution in [0.4, 0.5) is 4.39 Å². The maximum atomic E-state index is 13.7. The highest BCUT2D eigenvalue weighted by Gasteiger charge is 2.57. The van der Waals surface area contributed by atoms with Crippen LogP contribution in [-0.4, -0.2) is 30.8 Å². The van der Waals surface area contributed by atoms with E-state index in [0.29, 0.717) is 18.4 Å². The Kier molecular flexibility index (Phi) is 6.10. The third kappa shape index (κ3) is 3.81. The zero-order chi connectivity index (χ0) is 21.2. The van der Waals surface area contributed by atoms with E-state index in [4.69, 9.17) is 4.74 Å². The minimum absolute atomic E-state index is 0.124. The molecule has 2 aromatic carbocycles. The van der Waals surface area contributed by atoms with E-state index in [1.165, 1.54) is 16.4 Å². The highest BCUT2D eigenvalue weighted by Crippen LogP contribution is 2.48. The van der Waals surface area contributed by atoms with Gasteiger partial charge in [0.15, 0.2) is 0 Å². The van der Waals surface area contributed by atoms with Gasteiger partial charge in [-0.2, -0.15) is 4.31 Å². The van der Waals surface area contributed by atoms with Gasteiger partial charge in [0.25, 0.3) is 0 Å². The molecule has 0 aliphatic carbocycles. The molecule has 2 aromatic rings. The molecule has 1 fully saturated rings. The van der Waals surface area contributed by atoms with Gasteiger partial charge in [-0.15, -0.1) is 0 Å². The number of nitrogens with zero attached hydrogens (tertiary/aromatic N) is 1. The summed E-state index contributed by atoms with van der Waals surface area (Å²) in [4.78, 5) is 13.1. The Morgan fingerprint density at radius 2 is 1.76 bits per heavy atom. The molecule has 7 heteroatoms. The van der Waals surface area contributed by atoms with Gasteiger partial charge in [0.2, 0.25) is 10.0 Å². The maximum Gasteiger partial charge on any atom is 0.327 e. The number of hydrogen-bond donors (Lipinski definition) is 0. The lowest BCUT2D eigenvalue weighted by atomic mass is 9.94. The molecule has 2 atom stereocenters. The van der Waals surface area contributed by atoms with Crippen LogP contribution in [-0.2, 0) is 19.6 Å². The summed E-state index contributed by atoms with van der Waals surface area (Å²) in [6.07, 6.45) is 1.08. The lowest BCUT2D eigenvalue weighted by Crippen LogP contribution is -2.54. The fraction of sp³-hybridized carbons (Fsp3) is 0.409. The molecule has 0 unspecified atom stereocenters. The summed E-state index contributed by atoms with van der Waals surface area (Å²) in [7, 11) is -4.01. The second-order valence-corrected chi connectivity index (χ2v) is 9.14. The van der Waals surface area contributed by atoms with Crippen molar-refractivity contribution < 1.29 is 22.3 Å². The highest BCUT2D eigenvalue weighted by atomic mass is 32.2. The van der Waals surface area contributed by atoms with E-state index in [-0.39, 0.29) is 17.9 Å². The van der Waals surface area contributed by atoms with Crippen LogP contribution in [0.2, 0.25) is 0 Å². The van der Waals surface area contributed by atoms with Crippen LogP contribution < -0.4 is 0 Å². The van der Waals surface area contributed by atoms with Gasteiger partial charge in [0.1, 0.15) is 11.4 Å². The normalized spacial score (nSPS) is 22.6. The molecule has 0 saturated carbocycles. The molecule has 3 rings (SSSR count). The first kappa shape index (κ1) is 21.5. The lowest BCUT2D eigenvalue weighted by molar-refractivity contribution is -0.154. The molecular formula is C22H26FNO4S. The van der Waals surface area contributed by atoms with E-state index in [9.17, 15) is 17.6 Å². The molecule has 1 heterocycles. The zero-order valence-corrected chi connectivity index (χ0v) is 17.7. The number of hydrogen-bond acceptors (Lipinski definition) is 4. The van der Waals surface area contributed by atoms with E-state index in [2.05, 4.69) is 0 Å². The predicted octanol–water partition coefficient (Wildman–Crippen LogP) is 4.37. The predicted molar refractivity (Wildman–Crippen MR) is 108 cm³/mol. The van der Waals surface area contributed by atoms with Gasteiger partial charge < -0.3 is 4.74 Å². The first-order valence-electron chi connectivity index (χ1n) is 9.80. The monoisotopic (exact) mass is 419 g/mol. The van der Waals surface area contributed by atoms with Crippen molar-refractivity contribution in [2.75, 3.05) is 6.61 Å². The number of ether oxygens (including phenoxy) is 1. The molecule has 156 valence electrons. The lowest BCUT2D eigenvalue weighted by Gasteiger charge is -2.37. The second kappa shape index (κ2) is 8.24. The molecule has 1 saturated heterocycles. The number of sulfonamides is 1. The number of carbonyl (C=O) groups excluding carboxylic acids is 1. The van der Waals surface area contributed by atoms with Crippen molar-refractivity contribution in [3.63, 3.8) is 0 Å². The zero-order valence-electron chi connectivity index (χ0n) is 16.9. The van der Waals surface area contributed by atoms with Gasteiger partial charge >= 0.3 is 5.97 Å². The van der Waals surface area contributed by atoms with E-state index in [0.717, 1.165) is 5.56 Å². The molecule has 0 spiro atoms. The smallest absolute Gasteiger partial charge is 0.327 e. The first-order chi connectivity index (χ1) is 13.8. The van der Waals surface area contributed by atoms with Crippen LogP contribution in [0, 0.1) is 12.7 Å². The van der Waals surface area contributed by atoms with Crippen LogP contribution in [0.5, 0.6) is 0 Å². The summed E-state index contributed by atoms with van der Waals surface area (Å²) < 4.78 is 47.5. The molecule has 0 amide bonds. The Bertz CT molecular complexity index is 973. The number of benzene rings is 2. The van der Waals surface area contributed by atoms with Crippen molar-refractivity contribution in [2.45, 2.75) is 56.5 Å². The van der Waals surface area contributed by atoms with E-state index in [1.54, 1.807) is 50.2 Å². The fourth-order valence-electron chi connectivity index (χ4n) is 4.04. The fourth-order valence-corrected chi connectivity index (χ4v) is 6.07. The maximum absolute atomic E-state index is 13.7. The third-order valence-electron chi connectivity index (χ3n) is 5.61. The van der Waals surface area contributed by atoms with Crippen molar-refractivity contribution in [1.29, 1.82) is 0 Å². The molecule has 1 aliphatic heterocycles. The Morgan fingerprint density at radius 3 is 2.31 bits per heavy atom. The van der Waals surface area contributed by atoms with Crippen LogP contribution in [0.25, 0.3) is 0 Å². The topological polar surface area (TPSA) is 63.7 Å². The van der Waals surface area contributed by atoms with Crippen LogP contribution in [0.15, 0.2) is 53.4 Å². The molecule has 1 aliphatic rings. The Morgan fingerprint density at radius 1 is 1.14 bits per heavy atom. The van der Waals surface area contributed by atoms with E-state index >= 15 is 0 Å². The van der Waals surface area contributed by atoms with Gasteiger partial charge in [0.05, 0.1) is 17.5 Å². The number of aryl methyl sites for hydroxylation is 1. The Balaban J connectivity index is 2.17. The summed E-state index contributed by atoms with van der Waals surface area (Å²) in [5.41, 5.74) is 0.299. The van der Waals surface area contributed by atoms with Crippen molar-refractivity contribution in [3.05, 3.63) is 65.5 Å². The Labute approximate surface area is 171 Å². The third-order valence-corrected chi connectivity index (χ3v) is 7.60. The minimum atomic E-state index is -4.01. The Hall–Kier alpha value is -2.25. The highest BCUT2D eigenvalue weighted by molar-refractivity contribution is 7.89. The summed E-state index contributed by atoms with van der Waals surface area (Å²) >= 11 is 0. The SMILES string of the molecule is CCOC(=O)[C@]1(CC)CC[C@H](c2ccc(F)cc2)N1S(=O)(=O)c1ccc(C)cc1. The number of halogens is 1. The van der Waals surface area contributed by atoms with E-state index < -0.39 is 33.4 Å². The number of esters is 1. The van der Waals surface area contributed by atoms with Crippen LogP contribution in [0.1, 0.15) is 50.3 Å².